The zero-order chi connectivity index (χ0) is 13.8. The molecule has 3 aromatic rings. The van der Waals surface area contributed by atoms with Gasteiger partial charge in [0.2, 0.25) is 0 Å². The van der Waals surface area contributed by atoms with E-state index < -0.39 is 0 Å². The van der Waals surface area contributed by atoms with Gasteiger partial charge in [0.05, 0.1) is 11.6 Å². The van der Waals surface area contributed by atoms with Gasteiger partial charge in [0.15, 0.2) is 0 Å². The predicted octanol–water partition coefficient (Wildman–Crippen LogP) is 4.02. The molecule has 20 heavy (non-hydrogen) atoms. The van der Waals surface area contributed by atoms with Crippen LogP contribution in [-0.4, -0.2) is 15.8 Å². The zero-order valence-electron chi connectivity index (χ0n) is 10.8. The Balaban J connectivity index is 1.96. The molecule has 1 atom stereocenters. The molecule has 0 fully saturated rings. The lowest BCUT2D eigenvalue weighted by atomic mass is 10.1. The highest BCUT2D eigenvalue weighted by molar-refractivity contribution is 6.18. The first-order chi connectivity index (χ1) is 9.88. The summed E-state index contributed by atoms with van der Waals surface area (Å²) in [6.07, 6.45) is 1.57. The van der Waals surface area contributed by atoms with E-state index in [-0.39, 0.29) is 6.04 Å². The molecule has 1 aromatic heterocycles. The number of para-hydroxylation sites is 1. The lowest BCUT2D eigenvalue weighted by molar-refractivity contribution is 0.884. The Bertz CT molecular complexity index is 695. The number of rotatable bonds is 4. The maximum atomic E-state index is 6.10. The summed E-state index contributed by atoms with van der Waals surface area (Å²) in [6, 6.07) is 18.1. The summed E-state index contributed by atoms with van der Waals surface area (Å²) >= 11 is 6.10. The number of fused-ring (bicyclic) bond motifs is 1. The molecule has 1 unspecified atom stereocenters. The van der Waals surface area contributed by atoms with Crippen LogP contribution in [-0.2, 0) is 0 Å². The number of halogens is 1. The fraction of sp³-hybridized carbons (Fsp3) is 0.125. The van der Waals surface area contributed by atoms with E-state index in [1.54, 1.807) is 6.33 Å². The van der Waals surface area contributed by atoms with Crippen LogP contribution in [0.25, 0.3) is 10.9 Å². The van der Waals surface area contributed by atoms with Crippen molar-refractivity contribution in [2.24, 2.45) is 0 Å². The van der Waals surface area contributed by atoms with E-state index in [0.717, 1.165) is 22.3 Å². The summed E-state index contributed by atoms with van der Waals surface area (Å²) in [6.45, 7) is 0. The molecular weight excluding hydrogens is 270 g/mol. The maximum Gasteiger partial charge on any atom is 0.137 e. The van der Waals surface area contributed by atoms with Crippen LogP contribution in [0.15, 0.2) is 60.9 Å². The fourth-order valence-electron chi connectivity index (χ4n) is 2.18. The van der Waals surface area contributed by atoms with E-state index in [1.165, 1.54) is 0 Å². The van der Waals surface area contributed by atoms with Gasteiger partial charge >= 0.3 is 0 Å². The standard InChI is InChI=1S/C16H14ClN3/c17-10-15(12-6-2-1-3-7-12)20-16-13-8-4-5-9-14(13)18-11-19-16/h1-9,11,15H,10H2,(H,18,19,20). The molecule has 0 aliphatic carbocycles. The van der Waals surface area contributed by atoms with Crippen LogP contribution in [0.2, 0.25) is 0 Å². The molecule has 4 heteroatoms. The van der Waals surface area contributed by atoms with Crippen molar-refractivity contribution in [3.63, 3.8) is 0 Å². The Labute approximate surface area is 122 Å². The first-order valence-corrected chi connectivity index (χ1v) is 6.99. The molecule has 100 valence electrons. The summed E-state index contributed by atoms with van der Waals surface area (Å²) < 4.78 is 0. The van der Waals surface area contributed by atoms with Crippen LogP contribution in [0.5, 0.6) is 0 Å². The molecule has 1 N–H and O–H groups in total. The lowest BCUT2D eigenvalue weighted by Gasteiger charge is -2.18. The van der Waals surface area contributed by atoms with Crippen molar-refractivity contribution in [2.45, 2.75) is 6.04 Å². The number of hydrogen-bond donors (Lipinski definition) is 1. The summed E-state index contributed by atoms with van der Waals surface area (Å²) in [5.74, 6) is 1.28. The highest BCUT2D eigenvalue weighted by Gasteiger charge is 2.12. The Morgan fingerprint density at radius 3 is 2.50 bits per heavy atom. The largest absolute Gasteiger partial charge is 0.361 e. The van der Waals surface area contributed by atoms with Gasteiger partial charge < -0.3 is 5.32 Å². The normalized spacial score (nSPS) is 12.2. The predicted molar refractivity (Wildman–Crippen MR) is 83.1 cm³/mol. The second kappa shape index (κ2) is 5.88. The Morgan fingerprint density at radius 2 is 1.70 bits per heavy atom. The molecule has 0 aliphatic heterocycles. The molecule has 0 spiro atoms. The second-order valence-electron chi connectivity index (χ2n) is 4.50. The van der Waals surface area contributed by atoms with Gasteiger partial charge in [-0.05, 0) is 17.7 Å². The molecule has 3 nitrogen and oxygen atoms in total. The summed E-state index contributed by atoms with van der Waals surface area (Å²) in [7, 11) is 0. The van der Waals surface area contributed by atoms with Crippen molar-refractivity contribution < 1.29 is 0 Å². The number of hydrogen-bond acceptors (Lipinski definition) is 3. The minimum atomic E-state index is 0.0242. The zero-order valence-corrected chi connectivity index (χ0v) is 11.6. The molecule has 1 heterocycles. The van der Waals surface area contributed by atoms with Crippen LogP contribution in [0, 0.1) is 0 Å². The Hall–Kier alpha value is -2.13. The van der Waals surface area contributed by atoms with E-state index >= 15 is 0 Å². The van der Waals surface area contributed by atoms with Crippen molar-refractivity contribution >= 4 is 28.3 Å². The van der Waals surface area contributed by atoms with Gasteiger partial charge in [-0.1, -0.05) is 42.5 Å². The Morgan fingerprint density at radius 1 is 0.950 bits per heavy atom. The third-order valence-electron chi connectivity index (χ3n) is 3.21. The van der Waals surface area contributed by atoms with Gasteiger partial charge in [-0.2, -0.15) is 0 Å². The highest BCUT2D eigenvalue weighted by atomic mass is 35.5. The number of aromatic nitrogens is 2. The van der Waals surface area contributed by atoms with Crippen molar-refractivity contribution in [1.29, 1.82) is 0 Å². The molecule has 0 amide bonds. The van der Waals surface area contributed by atoms with E-state index in [0.29, 0.717) is 5.88 Å². The number of benzene rings is 2. The molecular formula is C16H14ClN3. The van der Waals surface area contributed by atoms with Crippen LogP contribution >= 0.6 is 11.6 Å². The quantitative estimate of drug-likeness (QED) is 0.735. The summed E-state index contributed by atoms with van der Waals surface area (Å²) in [5.41, 5.74) is 2.07. The molecule has 0 bridgehead atoms. The number of nitrogens with one attached hydrogen (secondary N) is 1. The van der Waals surface area contributed by atoms with Crippen LogP contribution < -0.4 is 5.32 Å². The first kappa shape index (κ1) is 12.9. The topological polar surface area (TPSA) is 37.8 Å². The number of alkyl halides is 1. The third-order valence-corrected chi connectivity index (χ3v) is 3.52. The molecule has 0 saturated carbocycles. The lowest BCUT2D eigenvalue weighted by Crippen LogP contribution is -2.13. The van der Waals surface area contributed by atoms with Crippen LogP contribution in [0.3, 0.4) is 0 Å². The van der Waals surface area contributed by atoms with E-state index in [2.05, 4.69) is 27.4 Å². The molecule has 0 saturated heterocycles. The van der Waals surface area contributed by atoms with Crippen molar-refractivity contribution in [2.75, 3.05) is 11.2 Å². The molecule has 0 aliphatic rings. The van der Waals surface area contributed by atoms with Crippen LogP contribution in [0.1, 0.15) is 11.6 Å². The van der Waals surface area contributed by atoms with Gasteiger partial charge in [-0.15, -0.1) is 11.6 Å². The average molecular weight is 284 g/mol. The van der Waals surface area contributed by atoms with Crippen molar-refractivity contribution in [3.05, 3.63) is 66.5 Å². The highest BCUT2D eigenvalue weighted by Crippen LogP contribution is 2.24. The van der Waals surface area contributed by atoms with E-state index in [9.17, 15) is 0 Å². The first-order valence-electron chi connectivity index (χ1n) is 6.45. The van der Waals surface area contributed by atoms with Gasteiger partial charge in [0.25, 0.3) is 0 Å². The molecule has 2 aromatic carbocycles. The summed E-state index contributed by atoms with van der Waals surface area (Å²) in [4.78, 5) is 8.60. The maximum absolute atomic E-state index is 6.10. The SMILES string of the molecule is ClCC(Nc1ncnc2ccccc12)c1ccccc1. The van der Waals surface area contributed by atoms with Gasteiger partial charge in [-0.25, -0.2) is 9.97 Å². The second-order valence-corrected chi connectivity index (χ2v) is 4.81. The minimum absolute atomic E-state index is 0.0242. The smallest absolute Gasteiger partial charge is 0.137 e. The van der Waals surface area contributed by atoms with Crippen molar-refractivity contribution in [1.82, 2.24) is 9.97 Å². The average Bonchev–Trinajstić information content (AvgIpc) is 2.53. The number of nitrogens with zero attached hydrogens (tertiary/aromatic N) is 2. The number of anilines is 1. The van der Waals surface area contributed by atoms with Gasteiger partial charge in [0.1, 0.15) is 12.1 Å². The van der Waals surface area contributed by atoms with Crippen molar-refractivity contribution in [3.8, 4) is 0 Å². The monoisotopic (exact) mass is 283 g/mol. The molecule has 0 radical (unpaired) electrons. The van der Waals surface area contributed by atoms with E-state index in [4.69, 9.17) is 11.6 Å². The minimum Gasteiger partial charge on any atom is -0.361 e. The fourth-order valence-corrected chi connectivity index (χ4v) is 2.44. The summed E-state index contributed by atoms with van der Waals surface area (Å²) in [5, 5.41) is 4.41. The van der Waals surface area contributed by atoms with Gasteiger partial charge in [0, 0.05) is 11.3 Å². The van der Waals surface area contributed by atoms with E-state index in [1.807, 2.05) is 42.5 Å². The Kier molecular flexibility index (Phi) is 3.79. The van der Waals surface area contributed by atoms with Crippen LogP contribution in [0.4, 0.5) is 5.82 Å². The third kappa shape index (κ3) is 2.58. The van der Waals surface area contributed by atoms with Gasteiger partial charge in [-0.3, -0.25) is 0 Å². The molecule has 3 rings (SSSR count).